The van der Waals surface area contributed by atoms with Gasteiger partial charge >= 0.3 is 0 Å². The Morgan fingerprint density at radius 2 is 1.12 bits per heavy atom. The quantitative estimate of drug-likeness (QED) is 0.383. The lowest BCUT2D eigenvalue weighted by Gasteiger charge is -2.14. The van der Waals surface area contributed by atoms with Crippen LogP contribution in [0.5, 0.6) is 5.75 Å². The third-order valence-corrected chi connectivity index (χ3v) is 6.23. The molecule has 2 aromatic heterocycles. The summed E-state index contributed by atoms with van der Waals surface area (Å²) in [7, 11) is 0. The highest BCUT2D eigenvalue weighted by Crippen LogP contribution is 2.37. The van der Waals surface area contributed by atoms with Gasteiger partial charge in [-0.1, -0.05) is 42.5 Å². The average Bonchev–Trinajstić information content (AvgIpc) is 3.30. The van der Waals surface area contributed by atoms with Crippen LogP contribution < -0.4 is 4.74 Å². The summed E-state index contributed by atoms with van der Waals surface area (Å²) in [6.45, 7) is 0. The molecule has 26 heavy (non-hydrogen) atoms. The summed E-state index contributed by atoms with van der Waals surface area (Å²) in [6.07, 6.45) is -0.313. The van der Waals surface area contributed by atoms with Crippen LogP contribution in [0.25, 0.3) is 20.4 Å². The summed E-state index contributed by atoms with van der Waals surface area (Å²) in [5, 5.41) is 1.85. The van der Waals surface area contributed by atoms with E-state index in [2.05, 4.69) is 12.1 Å². The van der Waals surface area contributed by atoms with Crippen LogP contribution in [0.4, 0.5) is 0 Å². The van der Waals surface area contributed by atoms with Crippen molar-refractivity contribution in [3.8, 4) is 5.75 Å². The van der Waals surface area contributed by atoms with Gasteiger partial charge in [0.15, 0.2) is 0 Å². The monoisotopic (exact) mass is 374 g/mol. The molecule has 0 unspecified atom stereocenters. The molecule has 0 bridgehead atoms. The van der Waals surface area contributed by atoms with Crippen LogP contribution >= 0.6 is 22.7 Å². The largest absolute Gasteiger partial charge is 0.476 e. The maximum atomic E-state index is 6.34. The van der Waals surface area contributed by atoms with Gasteiger partial charge in [-0.15, -0.1) is 22.7 Å². The molecule has 0 saturated carbocycles. The van der Waals surface area contributed by atoms with Gasteiger partial charge in [-0.2, -0.15) is 0 Å². The molecule has 3 aromatic carbocycles. The fourth-order valence-corrected chi connectivity index (χ4v) is 4.92. The Morgan fingerprint density at radius 1 is 0.615 bits per heavy atom. The second-order valence-electron chi connectivity index (χ2n) is 5.85. The van der Waals surface area contributed by atoms with Crippen LogP contribution in [0.1, 0.15) is 16.1 Å². The van der Waals surface area contributed by atoms with Crippen molar-refractivity contribution < 1.29 is 4.74 Å². The van der Waals surface area contributed by atoms with Crippen molar-refractivity contribution in [3.63, 3.8) is 0 Å². The van der Waals surface area contributed by atoms with Gasteiger partial charge in [-0.25, -0.2) is 9.97 Å². The summed E-state index contributed by atoms with van der Waals surface area (Å²) < 4.78 is 8.66. The van der Waals surface area contributed by atoms with Gasteiger partial charge in [0.25, 0.3) is 0 Å². The van der Waals surface area contributed by atoms with E-state index < -0.39 is 0 Å². The zero-order valence-electron chi connectivity index (χ0n) is 13.7. The third-order valence-electron chi connectivity index (χ3n) is 4.07. The van der Waals surface area contributed by atoms with Crippen molar-refractivity contribution >= 4 is 43.1 Å². The number of nitrogens with zero attached hydrogens (tertiary/aromatic N) is 2. The molecule has 0 aliphatic carbocycles. The number of hydrogen-bond donors (Lipinski definition) is 0. The Balaban J connectivity index is 1.64. The van der Waals surface area contributed by atoms with Crippen LogP contribution in [-0.2, 0) is 0 Å². The molecule has 3 nitrogen and oxygen atoms in total. The van der Waals surface area contributed by atoms with Crippen LogP contribution in [-0.4, -0.2) is 9.97 Å². The molecule has 5 heteroatoms. The van der Waals surface area contributed by atoms with E-state index in [1.165, 1.54) is 0 Å². The lowest BCUT2D eigenvalue weighted by atomic mass is 10.3. The molecule has 0 radical (unpaired) electrons. The van der Waals surface area contributed by atoms with Crippen LogP contribution in [0, 0.1) is 0 Å². The van der Waals surface area contributed by atoms with Gasteiger partial charge in [0, 0.05) is 0 Å². The highest BCUT2D eigenvalue weighted by molar-refractivity contribution is 7.20. The predicted molar refractivity (Wildman–Crippen MR) is 108 cm³/mol. The first-order chi connectivity index (χ1) is 12.9. The van der Waals surface area contributed by atoms with Crippen molar-refractivity contribution in [2.45, 2.75) is 6.10 Å². The minimum atomic E-state index is -0.313. The summed E-state index contributed by atoms with van der Waals surface area (Å²) in [5.74, 6) is 0.816. The van der Waals surface area contributed by atoms with Gasteiger partial charge < -0.3 is 4.74 Å². The Kier molecular flexibility index (Phi) is 3.88. The van der Waals surface area contributed by atoms with E-state index in [0.717, 1.165) is 36.2 Å². The molecule has 0 N–H and O–H groups in total. The highest BCUT2D eigenvalue weighted by atomic mass is 32.1. The lowest BCUT2D eigenvalue weighted by molar-refractivity contribution is 0.246. The average molecular weight is 374 g/mol. The van der Waals surface area contributed by atoms with E-state index in [4.69, 9.17) is 14.7 Å². The Morgan fingerprint density at radius 3 is 1.65 bits per heavy atom. The summed E-state index contributed by atoms with van der Waals surface area (Å²) in [5.41, 5.74) is 1.99. The first-order valence-electron chi connectivity index (χ1n) is 8.29. The maximum absolute atomic E-state index is 6.34. The zero-order chi connectivity index (χ0) is 17.3. The smallest absolute Gasteiger partial charge is 0.201 e. The van der Waals surface area contributed by atoms with Gasteiger partial charge in [0.05, 0.1) is 20.4 Å². The Bertz CT molecular complexity index is 1040. The minimum Gasteiger partial charge on any atom is -0.476 e. The molecule has 5 aromatic rings. The van der Waals surface area contributed by atoms with Gasteiger partial charge in [-0.05, 0) is 36.4 Å². The fraction of sp³-hybridized carbons (Fsp3) is 0.0476. The first-order valence-corrected chi connectivity index (χ1v) is 9.93. The van der Waals surface area contributed by atoms with Crippen molar-refractivity contribution in [2.24, 2.45) is 0 Å². The molecule has 0 amide bonds. The number of aromatic nitrogens is 2. The number of hydrogen-bond acceptors (Lipinski definition) is 5. The predicted octanol–water partition coefficient (Wildman–Crippen LogP) is 6.07. The van der Waals surface area contributed by atoms with Crippen LogP contribution in [0.2, 0.25) is 0 Å². The van der Waals surface area contributed by atoms with E-state index in [0.29, 0.717) is 0 Å². The number of thiazole rings is 2. The van der Waals surface area contributed by atoms with Gasteiger partial charge in [0.1, 0.15) is 15.8 Å². The van der Waals surface area contributed by atoms with Crippen molar-refractivity contribution in [2.75, 3.05) is 0 Å². The topological polar surface area (TPSA) is 35.0 Å². The van der Waals surface area contributed by atoms with Crippen molar-refractivity contribution in [3.05, 3.63) is 88.9 Å². The number of benzene rings is 3. The summed E-state index contributed by atoms with van der Waals surface area (Å²) >= 11 is 3.32. The molecular weight excluding hydrogens is 360 g/mol. The standard InChI is InChI=1S/C21H14N2OS2/c1-2-8-14(9-3-1)24-19(20-22-15-10-4-6-12-17(15)25-20)21-23-16-11-5-7-13-18(16)26-21/h1-13,19H. The molecule has 0 spiro atoms. The van der Waals surface area contributed by atoms with Gasteiger partial charge in [0.2, 0.25) is 6.10 Å². The first kappa shape index (κ1) is 15.5. The Labute approximate surface area is 158 Å². The summed E-state index contributed by atoms with van der Waals surface area (Å²) in [4.78, 5) is 9.63. The van der Waals surface area contributed by atoms with E-state index in [1.807, 2.05) is 66.7 Å². The molecule has 2 heterocycles. The van der Waals surface area contributed by atoms with Crippen LogP contribution in [0.15, 0.2) is 78.9 Å². The molecule has 0 aliphatic heterocycles. The fourth-order valence-electron chi connectivity index (χ4n) is 2.85. The number of fused-ring (bicyclic) bond motifs is 2. The van der Waals surface area contributed by atoms with Crippen molar-refractivity contribution in [1.29, 1.82) is 0 Å². The lowest BCUT2D eigenvalue weighted by Crippen LogP contribution is -2.08. The normalized spacial score (nSPS) is 11.4. The number of para-hydroxylation sites is 3. The van der Waals surface area contributed by atoms with E-state index >= 15 is 0 Å². The van der Waals surface area contributed by atoms with E-state index in [9.17, 15) is 0 Å². The maximum Gasteiger partial charge on any atom is 0.201 e. The molecule has 0 saturated heterocycles. The highest BCUT2D eigenvalue weighted by Gasteiger charge is 2.24. The minimum absolute atomic E-state index is 0.313. The molecule has 0 atom stereocenters. The number of rotatable bonds is 4. The molecule has 0 fully saturated rings. The molecule has 126 valence electrons. The second kappa shape index (κ2) is 6.52. The summed E-state index contributed by atoms with van der Waals surface area (Å²) in [6, 6.07) is 26.2. The van der Waals surface area contributed by atoms with Crippen molar-refractivity contribution in [1.82, 2.24) is 9.97 Å². The molecule has 0 aliphatic rings. The molecule has 5 rings (SSSR count). The van der Waals surface area contributed by atoms with Crippen LogP contribution in [0.3, 0.4) is 0 Å². The number of ether oxygens (including phenoxy) is 1. The molecular formula is C21H14N2OS2. The SMILES string of the molecule is c1ccc(OC(c2nc3ccccc3s2)c2nc3ccccc3s2)cc1. The van der Waals surface area contributed by atoms with E-state index in [-0.39, 0.29) is 6.10 Å². The second-order valence-corrected chi connectivity index (χ2v) is 7.98. The Hall–Kier alpha value is -2.76. The zero-order valence-corrected chi connectivity index (χ0v) is 15.3. The third kappa shape index (κ3) is 2.85. The van der Waals surface area contributed by atoms with Gasteiger partial charge in [-0.3, -0.25) is 0 Å². The van der Waals surface area contributed by atoms with E-state index in [1.54, 1.807) is 22.7 Å².